The maximum Gasteiger partial charge on any atom is 0.276 e. The molecule has 1 aromatic heterocycles. The van der Waals surface area contributed by atoms with Crippen molar-refractivity contribution in [2.24, 2.45) is 7.05 Å². The van der Waals surface area contributed by atoms with E-state index in [2.05, 4.69) is 10.4 Å². The largest absolute Gasteiger partial charge is 0.321 e. The maximum absolute atomic E-state index is 11.9. The van der Waals surface area contributed by atoms with Gasteiger partial charge in [0.1, 0.15) is 0 Å². The maximum atomic E-state index is 11.9. The highest BCUT2D eigenvalue weighted by atomic mass is 16.1. The van der Waals surface area contributed by atoms with Crippen LogP contribution in [0.2, 0.25) is 0 Å². The smallest absolute Gasteiger partial charge is 0.276 e. The summed E-state index contributed by atoms with van der Waals surface area (Å²) in [5.41, 5.74) is 2.49. The summed E-state index contributed by atoms with van der Waals surface area (Å²) in [6.45, 7) is 1.88. The first-order chi connectivity index (χ1) is 8.60. The van der Waals surface area contributed by atoms with Crippen molar-refractivity contribution < 1.29 is 4.79 Å². The highest BCUT2D eigenvalue weighted by Crippen LogP contribution is 2.11. The topological polar surface area (TPSA) is 70.7 Å². The van der Waals surface area contributed by atoms with Gasteiger partial charge in [-0.05, 0) is 37.3 Å². The Labute approximate surface area is 105 Å². The SMILES string of the molecule is Cc1cc(C(=O)Nc2ccc(C#N)cc2)nn1C. The summed E-state index contributed by atoms with van der Waals surface area (Å²) in [6, 6.07) is 10.4. The zero-order chi connectivity index (χ0) is 13.1. The molecule has 0 bridgehead atoms. The van der Waals surface area contributed by atoms with Gasteiger partial charge in [-0.1, -0.05) is 0 Å². The molecule has 1 N–H and O–H groups in total. The molecule has 0 aliphatic rings. The van der Waals surface area contributed by atoms with Gasteiger partial charge < -0.3 is 5.32 Å². The predicted octanol–water partition coefficient (Wildman–Crippen LogP) is 1.85. The van der Waals surface area contributed by atoms with Crippen LogP contribution in [0.5, 0.6) is 0 Å². The standard InChI is InChI=1S/C13H12N4O/c1-9-7-12(16-17(9)2)13(18)15-11-5-3-10(8-14)4-6-11/h3-7H,1-2H3,(H,15,18). The first-order valence-electron chi connectivity index (χ1n) is 5.42. The molecule has 90 valence electrons. The van der Waals surface area contributed by atoms with Crippen molar-refractivity contribution in [3.63, 3.8) is 0 Å². The van der Waals surface area contributed by atoms with Gasteiger partial charge in [-0.25, -0.2) is 0 Å². The zero-order valence-corrected chi connectivity index (χ0v) is 10.1. The fraction of sp³-hybridized carbons (Fsp3) is 0.154. The van der Waals surface area contributed by atoms with Crippen LogP contribution in [0, 0.1) is 18.3 Å². The Morgan fingerprint density at radius 2 is 2.06 bits per heavy atom. The molecule has 1 aromatic carbocycles. The molecule has 1 heterocycles. The zero-order valence-electron chi connectivity index (χ0n) is 10.1. The van der Waals surface area contributed by atoms with Crippen LogP contribution in [-0.4, -0.2) is 15.7 Å². The normalized spacial score (nSPS) is 9.83. The molecule has 1 amide bonds. The van der Waals surface area contributed by atoms with Crippen LogP contribution in [0.4, 0.5) is 5.69 Å². The summed E-state index contributed by atoms with van der Waals surface area (Å²) in [5, 5.41) is 15.5. The van der Waals surface area contributed by atoms with Crippen LogP contribution in [0.3, 0.4) is 0 Å². The fourth-order valence-electron chi connectivity index (χ4n) is 1.49. The minimum atomic E-state index is -0.261. The van der Waals surface area contributed by atoms with Gasteiger partial charge >= 0.3 is 0 Å². The molecule has 0 spiro atoms. The van der Waals surface area contributed by atoms with E-state index in [0.29, 0.717) is 16.9 Å². The molecular formula is C13H12N4O. The van der Waals surface area contributed by atoms with E-state index in [0.717, 1.165) is 5.69 Å². The average molecular weight is 240 g/mol. The van der Waals surface area contributed by atoms with Crippen molar-refractivity contribution in [1.82, 2.24) is 9.78 Å². The first-order valence-corrected chi connectivity index (χ1v) is 5.42. The second-order valence-corrected chi connectivity index (χ2v) is 3.94. The third-order valence-electron chi connectivity index (χ3n) is 2.62. The van der Waals surface area contributed by atoms with Gasteiger partial charge in [0.05, 0.1) is 11.6 Å². The summed E-state index contributed by atoms with van der Waals surface area (Å²) in [6.07, 6.45) is 0. The summed E-state index contributed by atoms with van der Waals surface area (Å²) in [7, 11) is 1.79. The molecule has 0 saturated heterocycles. The number of nitrogens with zero attached hydrogens (tertiary/aromatic N) is 3. The summed E-state index contributed by atoms with van der Waals surface area (Å²) in [5.74, 6) is -0.261. The lowest BCUT2D eigenvalue weighted by atomic mass is 10.2. The number of hydrogen-bond acceptors (Lipinski definition) is 3. The number of aromatic nitrogens is 2. The number of anilines is 1. The number of rotatable bonds is 2. The van der Waals surface area contributed by atoms with E-state index >= 15 is 0 Å². The van der Waals surface area contributed by atoms with Gasteiger partial charge in [0.25, 0.3) is 5.91 Å². The molecule has 0 fully saturated rings. The van der Waals surface area contributed by atoms with E-state index in [1.54, 1.807) is 42.1 Å². The average Bonchev–Trinajstić information content (AvgIpc) is 2.71. The van der Waals surface area contributed by atoms with Crippen LogP contribution in [0.15, 0.2) is 30.3 Å². The monoisotopic (exact) mass is 240 g/mol. The van der Waals surface area contributed by atoms with E-state index in [4.69, 9.17) is 5.26 Å². The van der Waals surface area contributed by atoms with Crippen LogP contribution in [0.25, 0.3) is 0 Å². The summed E-state index contributed by atoms with van der Waals surface area (Å²) >= 11 is 0. The number of hydrogen-bond donors (Lipinski definition) is 1. The second kappa shape index (κ2) is 4.72. The van der Waals surface area contributed by atoms with Gasteiger partial charge in [0, 0.05) is 18.4 Å². The Morgan fingerprint density at radius 3 is 2.56 bits per heavy atom. The Balaban J connectivity index is 2.13. The van der Waals surface area contributed by atoms with Crippen molar-refractivity contribution in [1.29, 1.82) is 5.26 Å². The molecule has 0 atom stereocenters. The lowest BCUT2D eigenvalue weighted by Crippen LogP contribution is -2.12. The third-order valence-corrected chi connectivity index (χ3v) is 2.62. The molecule has 0 radical (unpaired) electrons. The predicted molar refractivity (Wildman–Crippen MR) is 67.1 cm³/mol. The summed E-state index contributed by atoms with van der Waals surface area (Å²) in [4.78, 5) is 11.9. The molecule has 2 aromatic rings. The summed E-state index contributed by atoms with van der Waals surface area (Å²) < 4.78 is 1.65. The van der Waals surface area contributed by atoms with Crippen LogP contribution in [-0.2, 0) is 7.05 Å². The molecule has 0 saturated carbocycles. The number of nitrogens with one attached hydrogen (secondary N) is 1. The van der Waals surface area contributed by atoms with Gasteiger partial charge in [-0.2, -0.15) is 10.4 Å². The molecular weight excluding hydrogens is 228 g/mol. The molecule has 0 aliphatic heterocycles. The quantitative estimate of drug-likeness (QED) is 0.870. The second-order valence-electron chi connectivity index (χ2n) is 3.94. The fourth-order valence-corrected chi connectivity index (χ4v) is 1.49. The van der Waals surface area contributed by atoms with Crippen LogP contribution in [0.1, 0.15) is 21.7 Å². The molecule has 18 heavy (non-hydrogen) atoms. The van der Waals surface area contributed by atoms with Gasteiger partial charge in [0.15, 0.2) is 5.69 Å². The van der Waals surface area contributed by atoms with Crippen molar-refractivity contribution in [2.45, 2.75) is 6.92 Å². The number of benzene rings is 1. The first kappa shape index (κ1) is 11.9. The van der Waals surface area contributed by atoms with E-state index in [-0.39, 0.29) is 5.91 Å². The number of amides is 1. The number of carbonyl (C=O) groups is 1. The Hall–Kier alpha value is -2.61. The van der Waals surface area contributed by atoms with E-state index in [9.17, 15) is 4.79 Å². The van der Waals surface area contributed by atoms with Crippen molar-refractivity contribution >= 4 is 11.6 Å². The highest BCUT2D eigenvalue weighted by Gasteiger charge is 2.10. The van der Waals surface area contributed by atoms with E-state index in [1.807, 2.05) is 13.0 Å². The van der Waals surface area contributed by atoms with Gasteiger partial charge in [-0.3, -0.25) is 9.48 Å². The van der Waals surface area contributed by atoms with Crippen molar-refractivity contribution in [3.8, 4) is 6.07 Å². The van der Waals surface area contributed by atoms with Gasteiger partial charge in [-0.15, -0.1) is 0 Å². The lowest BCUT2D eigenvalue weighted by molar-refractivity contribution is 0.102. The highest BCUT2D eigenvalue weighted by molar-refractivity contribution is 6.02. The Morgan fingerprint density at radius 1 is 1.39 bits per heavy atom. The van der Waals surface area contributed by atoms with Crippen LogP contribution >= 0.6 is 0 Å². The van der Waals surface area contributed by atoms with Crippen molar-refractivity contribution in [2.75, 3.05) is 5.32 Å². The molecule has 0 aliphatic carbocycles. The van der Waals surface area contributed by atoms with E-state index in [1.165, 1.54) is 0 Å². The Kier molecular flexibility index (Phi) is 3.11. The van der Waals surface area contributed by atoms with Gasteiger partial charge in [0.2, 0.25) is 0 Å². The third kappa shape index (κ3) is 2.38. The Bertz CT molecular complexity index is 600. The molecule has 5 nitrogen and oxygen atoms in total. The molecule has 2 rings (SSSR count). The minimum absolute atomic E-state index is 0.261. The molecule has 0 unspecified atom stereocenters. The number of nitriles is 1. The molecule has 5 heteroatoms. The number of aryl methyl sites for hydroxylation is 2. The van der Waals surface area contributed by atoms with Crippen LogP contribution < -0.4 is 5.32 Å². The van der Waals surface area contributed by atoms with E-state index < -0.39 is 0 Å². The minimum Gasteiger partial charge on any atom is -0.321 e. The number of carbonyl (C=O) groups excluding carboxylic acids is 1. The van der Waals surface area contributed by atoms with Crippen molar-refractivity contribution in [3.05, 3.63) is 47.3 Å². The lowest BCUT2D eigenvalue weighted by Gasteiger charge is -2.02.